The average molecular weight is 635 g/mol. The normalized spacial score (nSPS) is 13.2. The number of carbonyl (C=O) groups is 8. The minimum Gasteiger partial charge on any atom is -0.548 e. The first kappa shape index (κ1) is 40.5. The van der Waals surface area contributed by atoms with Gasteiger partial charge in [0.15, 0.2) is 0 Å². The van der Waals surface area contributed by atoms with E-state index in [1.807, 2.05) is 5.32 Å². The predicted octanol–water partition coefficient (Wildman–Crippen LogP) is -8.21. The maximum Gasteiger partial charge on any atom is 1.00 e. The molecule has 0 aliphatic rings. The summed E-state index contributed by atoms with van der Waals surface area (Å²) in [5.74, 6) is -9.18. The van der Waals surface area contributed by atoms with Crippen molar-refractivity contribution in [2.45, 2.75) is 49.9 Å². The molecule has 0 aliphatic carbocycles. The molecule has 18 nitrogen and oxygen atoms in total. The number of carboxylic acid groups (broad SMARTS) is 4. The summed E-state index contributed by atoms with van der Waals surface area (Å²) in [4.78, 5) is 92.1. The van der Waals surface area contributed by atoms with Crippen molar-refractivity contribution >= 4 is 69.1 Å². The number of amides is 4. The summed E-state index contributed by atoms with van der Waals surface area (Å²) >= 11 is 0. The molecule has 0 rings (SSSR count). The molecule has 0 saturated heterocycles. The molecule has 0 saturated carbocycles. The van der Waals surface area contributed by atoms with Gasteiger partial charge in [-0.05, 0) is 12.8 Å². The van der Waals surface area contributed by atoms with Gasteiger partial charge in [-0.25, -0.2) is 0 Å². The fourth-order valence-electron chi connectivity index (χ4n) is 2.52. The van der Waals surface area contributed by atoms with Crippen molar-refractivity contribution < 1.29 is 88.3 Å². The third-order valence-electron chi connectivity index (χ3n) is 4.68. The van der Waals surface area contributed by atoms with E-state index >= 15 is 0 Å². The number of nitrogens with one attached hydrogen (secondary N) is 4. The first-order chi connectivity index (χ1) is 18.6. The van der Waals surface area contributed by atoms with E-state index in [2.05, 4.69) is 16.0 Å². The zero-order chi connectivity index (χ0) is 30.8. The second kappa shape index (κ2) is 22.0. The Morgan fingerprint density at radius 2 is 1.05 bits per heavy atom. The summed E-state index contributed by atoms with van der Waals surface area (Å²) in [7, 11) is 1.86. The third-order valence-corrected chi connectivity index (χ3v) is 7.10. The molecule has 41 heavy (non-hydrogen) atoms. The first-order valence-electron chi connectivity index (χ1n) is 11.4. The SMILES string of the molecule is N[C@@H](CCC(=O)N[C@@H](CSSC[C@H](NC(=O)CC[C@H](N)C(=O)O)C(=O)NCC(=O)O)C(=O)NCC(=O)[O-])C(=O)O.[Na+]. The summed E-state index contributed by atoms with van der Waals surface area (Å²) in [6.07, 6.45) is -1.15. The fourth-order valence-corrected chi connectivity index (χ4v) is 4.85. The maximum atomic E-state index is 12.4. The molecule has 11 N–H and O–H groups in total. The number of aliphatic carboxylic acids is 4. The van der Waals surface area contributed by atoms with Gasteiger partial charge in [-0.1, -0.05) is 21.6 Å². The van der Waals surface area contributed by atoms with Gasteiger partial charge in [0.05, 0.1) is 12.5 Å². The summed E-state index contributed by atoms with van der Waals surface area (Å²) < 4.78 is 0. The molecular formula is C20H31N6NaO12S2. The van der Waals surface area contributed by atoms with Crippen LogP contribution in [0.15, 0.2) is 0 Å². The molecule has 0 aromatic rings. The number of hydrogen-bond acceptors (Lipinski definition) is 13. The van der Waals surface area contributed by atoms with Crippen LogP contribution in [-0.2, 0) is 38.4 Å². The van der Waals surface area contributed by atoms with Crippen molar-refractivity contribution in [3.8, 4) is 0 Å². The van der Waals surface area contributed by atoms with Crippen molar-refractivity contribution in [3.63, 3.8) is 0 Å². The standard InChI is InChI=1S/C20H32N6O12S2.Na/c21-9(19(35)36)1-3-13(27)25-11(17(33)23-5-15(29)30)7-39-40-8-12(18(34)24-6-16(31)32)26-14(28)4-2-10(22)20(37)38;/h9-12H,1-8,21-22H2,(H,23,33)(H,24,34)(H,25,27)(H,26,28)(H,29,30)(H,31,32)(H,35,36)(H,37,38);/q;+1/p-1/t9-,10-,11-,12-;/m0./s1. The molecule has 0 aromatic heterocycles. The van der Waals surface area contributed by atoms with Crippen LogP contribution in [0.1, 0.15) is 25.7 Å². The molecule has 0 radical (unpaired) electrons. The summed E-state index contributed by atoms with van der Waals surface area (Å²) in [6.45, 7) is -1.60. The van der Waals surface area contributed by atoms with Gasteiger partial charge in [0.1, 0.15) is 30.7 Å². The zero-order valence-corrected chi connectivity index (χ0v) is 25.6. The van der Waals surface area contributed by atoms with Crippen LogP contribution in [-0.4, -0.2) is 112 Å². The van der Waals surface area contributed by atoms with Gasteiger partial charge in [-0.3, -0.25) is 33.6 Å². The van der Waals surface area contributed by atoms with Gasteiger partial charge in [0, 0.05) is 24.3 Å². The van der Waals surface area contributed by atoms with Crippen LogP contribution < -0.4 is 67.4 Å². The fraction of sp³-hybridized carbons (Fsp3) is 0.600. The van der Waals surface area contributed by atoms with Gasteiger partial charge in [-0.15, -0.1) is 0 Å². The molecular weight excluding hydrogens is 603 g/mol. The van der Waals surface area contributed by atoms with Crippen LogP contribution >= 0.6 is 21.6 Å². The van der Waals surface area contributed by atoms with Crippen LogP contribution in [0.3, 0.4) is 0 Å². The molecule has 226 valence electrons. The Kier molecular flexibility index (Phi) is 21.8. The molecule has 0 aromatic carbocycles. The Labute approximate surface area is 263 Å². The Balaban J connectivity index is 0. The van der Waals surface area contributed by atoms with E-state index in [9.17, 15) is 43.5 Å². The third kappa shape index (κ3) is 20.0. The molecule has 4 atom stereocenters. The second-order valence-corrected chi connectivity index (χ2v) is 10.5. The van der Waals surface area contributed by atoms with Crippen LogP contribution in [0.2, 0.25) is 0 Å². The van der Waals surface area contributed by atoms with E-state index in [0.717, 1.165) is 21.6 Å². The number of nitrogens with two attached hydrogens (primary N) is 2. The van der Waals surface area contributed by atoms with Crippen molar-refractivity contribution in [3.05, 3.63) is 0 Å². The molecule has 0 aliphatic heterocycles. The Morgan fingerprint density at radius 1 is 0.683 bits per heavy atom. The molecule has 0 heterocycles. The minimum atomic E-state index is -1.59. The monoisotopic (exact) mass is 634 g/mol. The van der Waals surface area contributed by atoms with E-state index < -0.39 is 84.8 Å². The smallest absolute Gasteiger partial charge is 0.548 e. The van der Waals surface area contributed by atoms with E-state index in [4.69, 9.17) is 26.8 Å². The van der Waals surface area contributed by atoms with Crippen molar-refractivity contribution in [2.24, 2.45) is 11.5 Å². The van der Waals surface area contributed by atoms with E-state index in [-0.39, 0.29) is 66.7 Å². The van der Waals surface area contributed by atoms with E-state index in [0.29, 0.717) is 0 Å². The minimum absolute atomic E-state index is 0. The van der Waals surface area contributed by atoms with Gasteiger partial charge in [0.2, 0.25) is 23.6 Å². The molecule has 4 amide bonds. The second-order valence-electron chi connectivity index (χ2n) is 7.98. The molecule has 21 heteroatoms. The van der Waals surface area contributed by atoms with Crippen LogP contribution in [0.25, 0.3) is 0 Å². The van der Waals surface area contributed by atoms with Gasteiger partial charge in [0.25, 0.3) is 0 Å². The molecule has 0 unspecified atom stereocenters. The molecule has 0 spiro atoms. The van der Waals surface area contributed by atoms with E-state index in [1.54, 1.807) is 0 Å². The number of rotatable bonds is 21. The first-order valence-corrected chi connectivity index (χ1v) is 13.9. The Hall–Kier alpha value is -2.62. The maximum absolute atomic E-state index is 12.4. The Morgan fingerprint density at radius 3 is 1.37 bits per heavy atom. The summed E-state index contributed by atoms with van der Waals surface area (Å²) in [6, 6.07) is -5.20. The molecule has 0 bridgehead atoms. The quantitative estimate of drug-likeness (QED) is 0.0321. The summed E-state index contributed by atoms with van der Waals surface area (Å²) in [5, 5.41) is 45.8. The van der Waals surface area contributed by atoms with Crippen molar-refractivity contribution in [1.29, 1.82) is 0 Å². The predicted molar refractivity (Wildman–Crippen MR) is 137 cm³/mol. The number of hydrogen-bond donors (Lipinski definition) is 9. The van der Waals surface area contributed by atoms with Crippen LogP contribution in [0, 0.1) is 0 Å². The van der Waals surface area contributed by atoms with E-state index in [1.165, 1.54) is 0 Å². The average Bonchev–Trinajstić information content (AvgIpc) is 2.87. The van der Waals surface area contributed by atoms with Gasteiger partial charge >= 0.3 is 47.5 Å². The van der Waals surface area contributed by atoms with Crippen LogP contribution in [0.5, 0.6) is 0 Å². The number of carbonyl (C=O) groups excluding carboxylic acids is 5. The summed E-state index contributed by atoms with van der Waals surface area (Å²) in [5.41, 5.74) is 10.7. The Bertz CT molecular complexity index is 886. The van der Waals surface area contributed by atoms with Crippen molar-refractivity contribution in [2.75, 3.05) is 24.6 Å². The van der Waals surface area contributed by atoms with Crippen LogP contribution in [0.4, 0.5) is 0 Å². The molecule has 0 fully saturated rings. The topological polar surface area (TPSA) is 320 Å². The largest absolute Gasteiger partial charge is 1.00 e. The van der Waals surface area contributed by atoms with Crippen molar-refractivity contribution in [1.82, 2.24) is 21.3 Å². The zero-order valence-electron chi connectivity index (χ0n) is 22.0. The number of carboxylic acids is 4. The van der Waals surface area contributed by atoms with Gasteiger partial charge in [-0.2, -0.15) is 0 Å². The van der Waals surface area contributed by atoms with Gasteiger partial charge < -0.3 is 58.0 Å².